The minimum atomic E-state index is 0.373. The van der Waals surface area contributed by atoms with Crippen LogP contribution in [0.3, 0.4) is 0 Å². The fourth-order valence-corrected chi connectivity index (χ4v) is 1.58. The maximum absolute atomic E-state index is 5.68. The van der Waals surface area contributed by atoms with Gasteiger partial charge in [0.1, 0.15) is 0 Å². The van der Waals surface area contributed by atoms with E-state index >= 15 is 0 Å². The van der Waals surface area contributed by atoms with Gasteiger partial charge in [-0.2, -0.15) is 0 Å². The molecule has 1 aliphatic rings. The van der Waals surface area contributed by atoms with Gasteiger partial charge in [0.25, 0.3) is 0 Å². The molecule has 0 aromatic heterocycles. The van der Waals surface area contributed by atoms with Crippen LogP contribution in [-0.2, 0) is 4.74 Å². The van der Waals surface area contributed by atoms with E-state index in [2.05, 4.69) is 26.1 Å². The van der Waals surface area contributed by atoms with Crippen LogP contribution in [0.15, 0.2) is 0 Å². The second-order valence-electron chi connectivity index (χ2n) is 3.56. The molecule has 66 valence electrons. The smallest absolute Gasteiger partial charge is 0.0717 e. The Hall–Kier alpha value is -0.0800. The van der Waals surface area contributed by atoms with E-state index in [0.29, 0.717) is 18.2 Å². The number of nitrogens with one attached hydrogen (secondary N) is 1. The maximum atomic E-state index is 5.68. The summed E-state index contributed by atoms with van der Waals surface area (Å²) in [7, 11) is 0. The Bertz CT molecular complexity index is 114. The van der Waals surface area contributed by atoms with Crippen LogP contribution in [0.1, 0.15) is 33.6 Å². The first-order chi connectivity index (χ1) is 5.22. The molecule has 2 atom stereocenters. The van der Waals surface area contributed by atoms with E-state index in [4.69, 9.17) is 4.74 Å². The largest absolute Gasteiger partial charge is 0.374 e. The maximum Gasteiger partial charge on any atom is 0.0717 e. The van der Waals surface area contributed by atoms with Gasteiger partial charge in [-0.3, -0.25) is 0 Å². The third-order valence-corrected chi connectivity index (χ3v) is 2.14. The monoisotopic (exact) mass is 157 g/mol. The van der Waals surface area contributed by atoms with Crippen LogP contribution < -0.4 is 5.32 Å². The summed E-state index contributed by atoms with van der Waals surface area (Å²) in [6.45, 7) is 7.45. The Morgan fingerprint density at radius 2 is 2.27 bits per heavy atom. The number of rotatable bonds is 3. The Morgan fingerprint density at radius 3 is 2.73 bits per heavy atom. The van der Waals surface area contributed by atoms with Gasteiger partial charge in [-0.25, -0.2) is 0 Å². The van der Waals surface area contributed by atoms with Gasteiger partial charge < -0.3 is 10.1 Å². The summed E-state index contributed by atoms with van der Waals surface area (Å²) in [5.41, 5.74) is 0. The van der Waals surface area contributed by atoms with Crippen molar-refractivity contribution in [3.05, 3.63) is 0 Å². The predicted octanol–water partition coefficient (Wildman–Crippen LogP) is 1.55. The number of hydrogen-bond acceptors (Lipinski definition) is 2. The highest BCUT2D eigenvalue weighted by Gasteiger charge is 2.23. The lowest BCUT2D eigenvalue weighted by Crippen LogP contribution is -2.21. The van der Waals surface area contributed by atoms with Gasteiger partial charge in [-0.1, -0.05) is 6.92 Å². The fourth-order valence-electron chi connectivity index (χ4n) is 1.58. The van der Waals surface area contributed by atoms with Crippen molar-refractivity contribution in [2.45, 2.75) is 51.9 Å². The van der Waals surface area contributed by atoms with Crippen molar-refractivity contribution < 1.29 is 4.74 Å². The van der Waals surface area contributed by atoms with E-state index in [9.17, 15) is 0 Å². The molecular weight excluding hydrogens is 138 g/mol. The Balaban J connectivity index is 2.19. The molecule has 2 heteroatoms. The van der Waals surface area contributed by atoms with Crippen molar-refractivity contribution in [2.24, 2.45) is 0 Å². The van der Waals surface area contributed by atoms with Crippen molar-refractivity contribution in [2.75, 3.05) is 6.54 Å². The Kier molecular flexibility index (Phi) is 3.34. The standard InChI is InChI=1S/C9H19NO/c1-4-8-5-9(6-10-8)11-7(2)3/h7-10H,4-6H2,1-3H3/t8-,9-/m0/s1. The van der Waals surface area contributed by atoms with Crippen molar-refractivity contribution in [1.82, 2.24) is 5.32 Å². The van der Waals surface area contributed by atoms with Gasteiger partial charge in [0, 0.05) is 12.6 Å². The summed E-state index contributed by atoms with van der Waals surface area (Å²) in [4.78, 5) is 0. The first-order valence-corrected chi connectivity index (χ1v) is 4.61. The van der Waals surface area contributed by atoms with Gasteiger partial charge in [-0.15, -0.1) is 0 Å². The van der Waals surface area contributed by atoms with Crippen LogP contribution in [-0.4, -0.2) is 24.8 Å². The van der Waals surface area contributed by atoms with Gasteiger partial charge >= 0.3 is 0 Å². The zero-order valence-corrected chi connectivity index (χ0v) is 7.76. The molecule has 0 amide bonds. The molecule has 0 aromatic carbocycles. The SMILES string of the molecule is CC[C@H]1C[C@H](OC(C)C)CN1. The van der Waals surface area contributed by atoms with E-state index in [-0.39, 0.29) is 0 Å². The molecule has 0 radical (unpaired) electrons. The van der Waals surface area contributed by atoms with Crippen molar-refractivity contribution in [3.63, 3.8) is 0 Å². The summed E-state index contributed by atoms with van der Waals surface area (Å²) in [6, 6.07) is 0.693. The molecule has 11 heavy (non-hydrogen) atoms. The second kappa shape index (κ2) is 4.07. The van der Waals surface area contributed by atoms with E-state index in [1.807, 2.05) is 0 Å². The highest BCUT2D eigenvalue weighted by atomic mass is 16.5. The molecule has 0 aromatic rings. The van der Waals surface area contributed by atoms with Crippen molar-refractivity contribution >= 4 is 0 Å². The number of ether oxygens (including phenoxy) is 1. The van der Waals surface area contributed by atoms with Gasteiger partial charge in [0.15, 0.2) is 0 Å². The van der Waals surface area contributed by atoms with Crippen LogP contribution in [0.25, 0.3) is 0 Å². The van der Waals surface area contributed by atoms with Crippen molar-refractivity contribution in [3.8, 4) is 0 Å². The molecule has 1 heterocycles. The van der Waals surface area contributed by atoms with Crippen LogP contribution in [0.5, 0.6) is 0 Å². The predicted molar refractivity (Wildman–Crippen MR) is 46.7 cm³/mol. The lowest BCUT2D eigenvalue weighted by molar-refractivity contribution is 0.0186. The molecule has 0 bridgehead atoms. The molecular formula is C9H19NO. The lowest BCUT2D eigenvalue weighted by Gasteiger charge is -2.13. The number of hydrogen-bond donors (Lipinski definition) is 1. The average Bonchev–Trinajstić information content (AvgIpc) is 2.34. The van der Waals surface area contributed by atoms with E-state index < -0.39 is 0 Å². The highest BCUT2D eigenvalue weighted by molar-refractivity contribution is 4.81. The highest BCUT2D eigenvalue weighted by Crippen LogP contribution is 2.13. The van der Waals surface area contributed by atoms with E-state index in [1.54, 1.807) is 0 Å². The molecule has 1 saturated heterocycles. The van der Waals surface area contributed by atoms with Gasteiger partial charge in [0.05, 0.1) is 12.2 Å². The Morgan fingerprint density at radius 1 is 1.55 bits per heavy atom. The first kappa shape index (κ1) is 9.01. The average molecular weight is 157 g/mol. The summed E-state index contributed by atoms with van der Waals surface area (Å²) < 4.78 is 5.68. The zero-order chi connectivity index (χ0) is 8.27. The molecule has 1 aliphatic heterocycles. The topological polar surface area (TPSA) is 21.3 Å². The molecule has 1 N–H and O–H groups in total. The first-order valence-electron chi connectivity index (χ1n) is 4.61. The zero-order valence-electron chi connectivity index (χ0n) is 7.76. The molecule has 0 saturated carbocycles. The Labute approximate surface area is 69.3 Å². The third kappa shape index (κ3) is 2.80. The van der Waals surface area contributed by atoms with E-state index in [1.165, 1.54) is 12.8 Å². The van der Waals surface area contributed by atoms with Gasteiger partial charge in [-0.05, 0) is 26.7 Å². The third-order valence-electron chi connectivity index (χ3n) is 2.14. The normalized spacial score (nSPS) is 31.6. The summed E-state index contributed by atoms with van der Waals surface area (Å²) in [5.74, 6) is 0. The van der Waals surface area contributed by atoms with Crippen LogP contribution in [0.4, 0.5) is 0 Å². The molecule has 2 nitrogen and oxygen atoms in total. The summed E-state index contributed by atoms with van der Waals surface area (Å²) in [6.07, 6.45) is 3.24. The van der Waals surface area contributed by atoms with Crippen molar-refractivity contribution in [1.29, 1.82) is 0 Å². The quantitative estimate of drug-likeness (QED) is 0.671. The fraction of sp³-hybridized carbons (Fsp3) is 1.00. The minimum Gasteiger partial charge on any atom is -0.374 e. The molecule has 0 spiro atoms. The van der Waals surface area contributed by atoms with Gasteiger partial charge in [0.2, 0.25) is 0 Å². The lowest BCUT2D eigenvalue weighted by atomic mass is 10.1. The van der Waals surface area contributed by atoms with Crippen LogP contribution >= 0.6 is 0 Å². The summed E-state index contributed by atoms with van der Waals surface area (Å²) in [5, 5.41) is 3.44. The van der Waals surface area contributed by atoms with Crippen LogP contribution in [0, 0.1) is 0 Å². The van der Waals surface area contributed by atoms with E-state index in [0.717, 1.165) is 6.54 Å². The summed E-state index contributed by atoms with van der Waals surface area (Å²) >= 11 is 0. The van der Waals surface area contributed by atoms with Crippen LogP contribution in [0.2, 0.25) is 0 Å². The molecule has 1 rings (SSSR count). The molecule has 1 fully saturated rings. The second-order valence-corrected chi connectivity index (χ2v) is 3.56. The molecule has 0 aliphatic carbocycles. The minimum absolute atomic E-state index is 0.373. The molecule has 0 unspecified atom stereocenters.